The number of nitrogens with zero attached hydrogens (tertiary/aromatic N) is 1. The SMILES string of the molecule is CCN(CCc1ccccc1)C(=O)C1CCCC(N)C1.Cl. The number of halogens is 1. The molecule has 0 saturated heterocycles. The average molecular weight is 311 g/mol. The fraction of sp³-hybridized carbons (Fsp3) is 0.588. The molecule has 1 fully saturated rings. The third-order valence-corrected chi connectivity index (χ3v) is 4.27. The molecule has 1 saturated carbocycles. The molecule has 118 valence electrons. The van der Waals surface area contributed by atoms with Crippen LogP contribution in [0.2, 0.25) is 0 Å². The van der Waals surface area contributed by atoms with E-state index in [0.717, 1.165) is 45.2 Å². The van der Waals surface area contributed by atoms with E-state index in [0.29, 0.717) is 5.91 Å². The summed E-state index contributed by atoms with van der Waals surface area (Å²) in [6, 6.07) is 10.6. The van der Waals surface area contributed by atoms with Crippen molar-refractivity contribution in [1.82, 2.24) is 4.90 Å². The highest BCUT2D eigenvalue weighted by atomic mass is 35.5. The van der Waals surface area contributed by atoms with E-state index in [1.807, 2.05) is 23.1 Å². The van der Waals surface area contributed by atoms with E-state index in [9.17, 15) is 4.79 Å². The molecule has 0 radical (unpaired) electrons. The summed E-state index contributed by atoms with van der Waals surface area (Å²) in [5.41, 5.74) is 7.29. The Bertz CT molecular complexity index is 424. The largest absolute Gasteiger partial charge is 0.342 e. The summed E-state index contributed by atoms with van der Waals surface area (Å²) in [5.74, 6) is 0.452. The van der Waals surface area contributed by atoms with Crippen molar-refractivity contribution in [3.8, 4) is 0 Å². The van der Waals surface area contributed by atoms with E-state index < -0.39 is 0 Å². The van der Waals surface area contributed by atoms with E-state index in [-0.39, 0.29) is 24.4 Å². The van der Waals surface area contributed by atoms with Gasteiger partial charge in [0.2, 0.25) is 5.91 Å². The quantitative estimate of drug-likeness (QED) is 0.908. The summed E-state index contributed by atoms with van der Waals surface area (Å²) in [6.07, 6.45) is 4.96. The molecule has 1 aromatic carbocycles. The number of benzene rings is 1. The van der Waals surface area contributed by atoms with Gasteiger partial charge < -0.3 is 10.6 Å². The Balaban J connectivity index is 0.00000220. The lowest BCUT2D eigenvalue weighted by atomic mass is 9.85. The minimum Gasteiger partial charge on any atom is -0.342 e. The summed E-state index contributed by atoms with van der Waals surface area (Å²) < 4.78 is 0. The lowest BCUT2D eigenvalue weighted by Crippen LogP contribution is -2.41. The molecule has 0 aromatic heterocycles. The fourth-order valence-corrected chi connectivity index (χ4v) is 3.04. The Hall–Kier alpha value is -1.06. The Morgan fingerprint density at radius 1 is 1.29 bits per heavy atom. The Kier molecular flexibility index (Phi) is 7.76. The molecular formula is C17H27ClN2O. The van der Waals surface area contributed by atoms with Gasteiger partial charge in [-0.15, -0.1) is 12.4 Å². The van der Waals surface area contributed by atoms with Gasteiger partial charge in [-0.3, -0.25) is 4.79 Å². The molecule has 0 aliphatic heterocycles. The summed E-state index contributed by atoms with van der Waals surface area (Å²) >= 11 is 0. The van der Waals surface area contributed by atoms with Gasteiger partial charge in [0.15, 0.2) is 0 Å². The summed E-state index contributed by atoms with van der Waals surface area (Å²) in [6.45, 7) is 3.66. The normalized spacial score (nSPS) is 21.4. The van der Waals surface area contributed by atoms with E-state index in [4.69, 9.17) is 5.73 Å². The maximum absolute atomic E-state index is 12.6. The first-order valence-electron chi connectivity index (χ1n) is 7.79. The van der Waals surface area contributed by atoms with Gasteiger partial charge in [-0.2, -0.15) is 0 Å². The maximum Gasteiger partial charge on any atom is 0.225 e. The van der Waals surface area contributed by atoms with Crippen LogP contribution in [0.3, 0.4) is 0 Å². The van der Waals surface area contributed by atoms with Crippen molar-refractivity contribution in [3.63, 3.8) is 0 Å². The fourth-order valence-electron chi connectivity index (χ4n) is 3.04. The molecule has 2 rings (SSSR count). The number of likely N-dealkylation sites (N-methyl/N-ethyl adjacent to an activating group) is 1. The predicted octanol–water partition coefficient (Wildman–Crippen LogP) is 3.02. The van der Waals surface area contributed by atoms with Crippen LogP contribution in [0.1, 0.15) is 38.2 Å². The van der Waals surface area contributed by atoms with Crippen LogP contribution < -0.4 is 5.73 Å². The number of carbonyl (C=O) groups excluding carboxylic acids is 1. The zero-order chi connectivity index (χ0) is 14.4. The number of rotatable bonds is 5. The van der Waals surface area contributed by atoms with Crippen LogP contribution in [0, 0.1) is 5.92 Å². The molecule has 1 amide bonds. The summed E-state index contributed by atoms with van der Waals surface area (Å²) in [7, 11) is 0. The molecule has 4 heteroatoms. The molecule has 2 atom stereocenters. The molecule has 1 aliphatic carbocycles. The van der Waals surface area contributed by atoms with Crippen molar-refractivity contribution >= 4 is 18.3 Å². The van der Waals surface area contributed by atoms with E-state index in [2.05, 4.69) is 19.1 Å². The van der Waals surface area contributed by atoms with Crippen molar-refractivity contribution in [2.24, 2.45) is 11.7 Å². The van der Waals surface area contributed by atoms with Gasteiger partial charge in [0.25, 0.3) is 0 Å². The van der Waals surface area contributed by atoms with Crippen molar-refractivity contribution < 1.29 is 4.79 Å². The molecule has 0 bridgehead atoms. The molecule has 1 aliphatic rings. The van der Waals surface area contributed by atoms with Crippen LogP contribution in [0.15, 0.2) is 30.3 Å². The Labute approximate surface area is 134 Å². The lowest BCUT2D eigenvalue weighted by molar-refractivity contribution is -0.136. The van der Waals surface area contributed by atoms with Crippen LogP contribution in [0.25, 0.3) is 0 Å². The zero-order valence-electron chi connectivity index (χ0n) is 12.8. The van der Waals surface area contributed by atoms with E-state index >= 15 is 0 Å². The Morgan fingerprint density at radius 3 is 2.62 bits per heavy atom. The molecule has 2 unspecified atom stereocenters. The second-order valence-corrected chi connectivity index (χ2v) is 5.78. The molecule has 3 nitrogen and oxygen atoms in total. The minimum absolute atomic E-state index is 0. The first kappa shape index (κ1) is 18.0. The van der Waals surface area contributed by atoms with E-state index in [1.54, 1.807) is 0 Å². The van der Waals surface area contributed by atoms with Crippen LogP contribution in [-0.4, -0.2) is 29.9 Å². The van der Waals surface area contributed by atoms with Gasteiger partial charge in [0, 0.05) is 25.0 Å². The van der Waals surface area contributed by atoms with Gasteiger partial charge in [-0.25, -0.2) is 0 Å². The minimum atomic E-state index is 0. The molecule has 0 heterocycles. The topological polar surface area (TPSA) is 46.3 Å². The highest BCUT2D eigenvalue weighted by Crippen LogP contribution is 2.25. The molecule has 1 aromatic rings. The number of hydrogen-bond donors (Lipinski definition) is 1. The standard InChI is InChI=1S/C17H26N2O.ClH/c1-2-19(12-11-14-7-4-3-5-8-14)17(20)15-9-6-10-16(18)13-15;/h3-5,7-8,15-16H,2,6,9-13,18H2,1H3;1H. The van der Waals surface area contributed by atoms with Crippen molar-refractivity contribution in [2.45, 2.75) is 45.1 Å². The van der Waals surface area contributed by atoms with Crippen LogP contribution >= 0.6 is 12.4 Å². The highest BCUT2D eigenvalue weighted by Gasteiger charge is 2.28. The number of hydrogen-bond acceptors (Lipinski definition) is 2. The van der Waals surface area contributed by atoms with Crippen molar-refractivity contribution in [1.29, 1.82) is 0 Å². The number of carbonyl (C=O) groups is 1. The zero-order valence-corrected chi connectivity index (χ0v) is 13.6. The number of nitrogens with two attached hydrogens (primary N) is 1. The van der Waals surface area contributed by atoms with Crippen LogP contribution in [0.4, 0.5) is 0 Å². The monoisotopic (exact) mass is 310 g/mol. The van der Waals surface area contributed by atoms with Crippen molar-refractivity contribution in [3.05, 3.63) is 35.9 Å². The van der Waals surface area contributed by atoms with Gasteiger partial charge in [0.1, 0.15) is 0 Å². The molecule has 2 N–H and O–H groups in total. The van der Waals surface area contributed by atoms with Crippen LogP contribution in [-0.2, 0) is 11.2 Å². The molecule has 21 heavy (non-hydrogen) atoms. The van der Waals surface area contributed by atoms with E-state index in [1.165, 1.54) is 5.56 Å². The average Bonchev–Trinajstić information content (AvgIpc) is 2.48. The number of amides is 1. The smallest absolute Gasteiger partial charge is 0.225 e. The van der Waals surface area contributed by atoms with Crippen LogP contribution in [0.5, 0.6) is 0 Å². The Morgan fingerprint density at radius 2 is 2.00 bits per heavy atom. The third kappa shape index (κ3) is 5.33. The molecular weight excluding hydrogens is 284 g/mol. The second kappa shape index (κ2) is 9.06. The first-order valence-corrected chi connectivity index (χ1v) is 7.79. The predicted molar refractivity (Wildman–Crippen MR) is 89.6 cm³/mol. The third-order valence-electron chi connectivity index (χ3n) is 4.27. The summed E-state index contributed by atoms with van der Waals surface area (Å²) in [4.78, 5) is 14.6. The summed E-state index contributed by atoms with van der Waals surface area (Å²) in [5, 5.41) is 0. The maximum atomic E-state index is 12.6. The first-order chi connectivity index (χ1) is 9.70. The van der Waals surface area contributed by atoms with Gasteiger partial charge in [-0.1, -0.05) is 36.8 Å². The second-order valence-electron chi connectivity index (χ2n) is 5.78. The highest BCUT2D eigenvalue weighted by molar-refractivity contribution is 5.85. The van der Waals surface area contributed by atoms with Gasteiger partial charge >= 0.3 is 0 Å². The lowest BCUT2D eigenvalue weighted by Gasteiger charge is -2.31. The van der Waals surface area contributed by atoms with Crippen molar-refractivity contribution in [2.75, 3.05) is 13.1 Å². The molecule has 0 spiro atoms. The van der Waals surface area contributed by atoms with Gasteiger partial charge in [-0.05, 0) is 38.2 Å². The van der Waals surface area contributed by atoms with Gasteiger partial charge in [0.05, 0.1) is 0 Å².